The molecule has 0 spiro atoms. The molecule has 0 atom stereocenters. The lowest BCUT2D eigenvalue weighted by molar-refractivity contribution is 0.669. The summed E-state index contributed by atoms with van der Waals surface area (Å²) in [6.45, 7) is 2.84. The SMILES string of the molecule is Cc1c[nH]c(=S)n1CCc1ccc(Cl)cc1Cl. The molecule has 2 rings (SSSR count). The summed E-state index contributed by atoms with van der Waals surface area (Å²) in [6, 6.07) is 5.57. The van der Waals surface area contributed by atoms with Gasteiger partial charge in [-0.3, -0.25) is 0 Å². The number of imidazole rings is 1. The van der Waals surface area contributed by atoms with E-state index in [4.69, 9.17) is 35.4 Å². The molecule has 1 N–H and O–H groups in total. The van der Waals surface area contributed by atoms with Crippen molar-refractivity contribution in [3.63, 3.8) is 0 Å². The lowest BCUT2D eigenvalue weighted by Crippen LogP contribution is -2.03. The smallest absolute Gasteiger partial charge is 0.177 e. The van der Waals surface area contributed by atoms with Crippen molar-refractivity contribution < 1.29 is 0 Å². The van der Waals surface area contributed by atoms with Gasteiger partial charge in [0.05, 0.1) is 0 Å². The maximum atomic E-state index is 6.12. The number of hydrogen-bond acceptors (Lipinski definition) is 1. The van der Waals surface area contributed by atoms with Crippen molar-refractivity contribution in [2.24, 2.45) is 0 Å². The van der Waals surface area contributed by atoms with Crippen LogP contribution in [-0.2, 0) is 13.0 Å². The number of rotatable bonds is 3. The minimum Gasteiger partial charge on any atom is -0.337 e. The molecule has 90 valence electrons. The molecular weight excluding hydrogens is 275 g/mol. The van der Waals surface area contributed by atoms with Gasteiger partial charge in [-0.05, 0) is 43.3 Å². The highest BCUT2D eigenvalue weighted by molar-refractivity contribution is 7.71. The number of halogens is 2. The molecule has 0 aliphatic carbocycles. The molecule has 0 aliphatic rings. The van der Waals surface area contributed by atoms with Crippen LogP contribution in [0.2, 0.25) is 10.0 Å². The Hall–Kier alpha value is -0.770. The monoisotopic (exact) mass is 286 g/mol. The Labute approximate surface area is 115 Å². The molecule has 17 heavy (non-hydrogen) atoms. The molecule has 0 amide bonds. The summed E-state index contributed by atoms with van der Waals surface area (Å²) >= 11 is 17.2. The van der Waals surface area contributed by atoms with Crippen LogP contribution < -0.4 is 0 Å². The average molecular weight is 287 g/mol. The van der Waals surface area contributed by atoms with Gasteiger partial charge in [0.1, 0.15) is 0 Å². The first-order valence-electron chi connectivity index (χ1n) is 5.26. The summed E-state index contributed by atoms with van der Waals surface area (Å²) < 4.78 is 2.80. The van der Waals surface area contributed by atoms with Crippen molar-refractivity contribution in [3.05, 3.63) is 50.5 Å². The largest absolute Gasteiger partial charge is 0.337 e. The van der Waals surface area contributed by atoms with Gasteiger partial charge >= 0.3 is 0 Å². The van der Waals surface area contributed by atoms with Crippen LogP contribution >= 0.6 is 35.4 Å². The van der Waals surface area contributed by atoms with E-state index >= 15 is 0 Å². The zero-order valence-electron chi connectivity index (χ0n) is 9.34. The Bertz CT molecular complexity index is 586. The van der Waals surface area contributed by atoms with Crippen LogP contribution in [0.5, 0.6) is 0 Å². The van der Waals surface area contributed by atoms with E-state index in [9.17, 15) is 0 Å². The number of H-pyrrole nitrogens is 1. The Balaban J connectivity index is 2.15. The number of aromatic nitrogens is 2. The zero-order chi connectivity index (χ0) is 12.4. The molecule has 1 aromatic carbocycles. The van der Waals surface area contributed by atoms with Gasteiger partial charge in [-0.1, -0.05) is 29.3 Å². The van der Waals surface area contributed by atoms with Gasteiger partial charge in [-0.15, -0.1) is 0 Å². The molecule has 0 saturated heterocycles. The molecule has 0 bridgehead atoms. The lowest BCUT2D eigenvalue weighted by Gasteiger charge is -2.07. The van der Waals surface area contributed by atoms with Crippen LogP contribution in [0, 0.1) is 11.7 Å². The standard InChI is InChI=1S/C12H12Cl2N2S/c1-8-7-15-12(17)16(8)5-4-9-2-3-10(13)6-11(9)14/h2-3,6-7H,4-5H2,1H3,(H,15,17). The van der Waals surface area contributed by atoms with E-state index in [0.29, 0.717) is 10.0 Å². The van der Waals surface area contributed by atoms with E-state index in [1.807, 2.05) is 25.3 Å². The maximum Gasteiger partial charge on any atom is 0.177 e. The second kappa shape index (κ2) is 5.25. The van der Waals surface area contributed by atoms with Crippen molar-refractivity contribution in [2.75, 3.05) is 0 Å². The lowest BCUT2D eigenvalue weighted by atomic mass is 10.1. The van der Waals surface area contributed by atoms with E-state index in [0.717, 1.165) is 29.0 Å². The minimum atomic E-state index is 0.660. The van der Waals surface area contributed by atoms with Crippen LogP contribution in [0.1, 0.15) is 11.3 Å². The first-order chi connectivity index (χ1) is 8.08. The number of nitrogens with one attached hydrogen (secondary N) is 1. The number of aryl methyl sites for hydroxylation is 2. The number of benzene rings is 1. The van der Waals surface area contributed by atoms with Crippen LogP contribution in [0.4, 0.5) is 0 Å². The van der Waals surface area contributed by atoms with Crippen LogP contribution in [0.25, 0.3) is 0 Å². The molecule has 1 heterocycles. The van der Waals surface area contributed by atoms with Gasteiger partial charge < -0.3 is 9.55 Å². The zero-order valence-corrected chi connectivity index (χ0v) is 11.7. The molecular formula is C12H12Cl2N2S. The molecule has 0 fully saturated rings. The van der Waals surface area contributed by atoms with Crippen molar-refractivity contribution in [2.45, 2.75) is 19.9 Å². The first-order valence-corrected chi connectivity index (χ1v) is 6.43. The quantitative estimate of drug-likeness (QED) is 0.830. The Morgan fingerprint density at radius 1 is 1.35 bits per heavy atom. The third kappa shape index (κ3) is 2.92. The van der Waals surface area contributed by atoms with Gasteiger partial charge in [0, 0.05) is 28.5 Å². The summed E-state index contributed by atoms with van der Waals surface area (Å²) in [4.78, 5) is 3.02. The summed E-state index contributed by atoms with van der Waals surface area (Å²) in [5.41, 5.74) is 2.21. The Morgan fingerprint density at radius 3 is 2.71 bits per heavy atom. The van der Waals surface area contributed by atoms with Gasteiger partial charge in [-0.2, -0.15) is 0 Å². The topological polar surface area (TPSA) is 20.7 Å². The summed E-state index contributed by atoms with van der Waals surface area (Å²) in [5.74, 6) is 0. The fourth-order valence-electron chi connectivity index (χ4n) is 1.72. The predicted molar refractivity (Wildman–Crippen MR) is 74.5 cm³/mol. The molecule has 0 radical (unpaired) electrons. The number of aromatic amines is 1. The second-order valence-electron chi connectivity index (χ2n) is 3.87. The molecule has 0 saturated carbocycles. The third-order valence-electron chi connectivity index (χ3n) is 2.70. The van der Waals surface area contributed by atoms with Gasteiger partial charge in [0.25, 0.3) is 0 Å². The summed E-state index contributed by atoms with van der Waals surface area (Å²) in [7, 11) is 0. The van der Waals surface area contributed by atoms with Gasteiger partial charge in [0.15, 0.2) is 4.77 Å². The van der Waals surface area contributed by atoms with E-state index in [-0.39, 0.29) is 0 Å². The Kier molecular flexibility index (Phi) is 3.92. The van der Waals surface area contributed by atoms with E-state index in [1.165, 1.54) is 0 Å². The molecule has 2 nitrogen and oxygen atoms in total. The van der Waals surface area contributed by atoms with E-state index in [1.54, 1.807) is 6.07 Å². The summed E-state index contributed by atoms with van der Waals surface area (Å²) in [6.07, 6.45) is 2.74. The highest BCUT2D eigenvalue weighted by Gasteiger charge is 2.04. The molecule has 1 aromatic heterocycles. The van der Waals surface area contributed by atoms with Crippen LogP contribution in [0.3, 0.4) is 0 Å². The average Bonchev–Trinajstić information content (AvgIpc) is 2.58. The highest BCUT2D eigenvalue weighted by Crippen LogP contribution is 2.21. The summed E-state index contributed by atoms with van der Waals surface area (Å²) in [5, 5.41) is 1.37. The fraction of sp³-hybridized carbons (Fsp3) is 0.250. The van der Waals surface area contributed by atoms with E-state index in [2.05, 4.69) is 9.55 Å². The van der Waals surface area contributed by atoms with Crippen molar-refractivity contribution >= 4 is 35.4 Å². The highest BCUT2D eigenvalue weighted by atomic mass is 35.5. The number of nitrogens with zero attached hydrogens (tertiary/aromatic N) is 1. The fourth-order valence-corrected chi connectivity index (χ4v) is 2.51. The van der Waals surface area contributed by atoms with Crippen LogP contribution in [0.15, 0.2) is 24.4 Å². The maximum absolute atomic E-state index is 6.12. The van der Waals surface area contributed by atoms with Gasteiger partial charge in [-0.25, -0.2) is 0 Å². The van der Waals surface area contributed by atoms with Crippen molar-refractivity contribution in [1.29, 1.82) is 0 Å². The molecule has 0 unspecified atom stereocenters. The van der Waals surface area contributed by atoms with Crippen LogP contribution in [-0.4, -0.2) is 9.55 Å². The number of hydrogen-bond donors (Lipinski definition) is 1. The first kappa shape index (κ1) is 12.7. The molecule has 5 heteroatoms. The third-order valence-corrected chi connectivity index (χ3v) is 3.62. The minimum absolute atomic E-state index is 0.660. The van der Waals surface area contributed by atoms with Crippen molar-refractivity contribution in [1.82, 2.24) is 9.55 Å². The predicted octanol–water partition coefficient (Wildman–Crippen LogP) is 4.40. The second-order valence-corrected chi connectivity index (χ2v) is 5.10. The molecule has 0 aliphatic heterocycles. The Morgan fingerprint density at radius 2 is 2.12 bits per heavy atom. The van der Waals surface area contributed by atoms with Gasteiger partial charge in [0.2, 0.25) is 0 Å². The molecule has 2 aromatic rings. The van der Waals surface area contributed by atoms with Crippen molar-refractivity contribution in [3.8, 4) is 0 Å². The van der Waals surface area contributed by atoms with E-state index < -0.39 is 0 Å². The normalized spacial score (nSPS) is 10.8.